The SMILES string of the molecule is Cc1ncsc1-c1ccc(CNC(=O)[C@@H]2C[C@@H](O)CN2C(=O)[C@@H](NC(=O)c2ccc(-c3ccc(C(=O)NC45CC6CC(CC(NCC(=O)N7Cc8ccc(F)cc8C7)(C6)C4)C5)cc3)cc2)C(C)(C)C)cc1. The Morgan fingerprint density at radius 2 is 1.42 bits per heavy atom. The van der Waals surface area contributed by atoms with E-state index < -0.39 is 35.4 Å². The number of aliphatic hydroxyl groups excluding tert-OH is 1. The molecule has 5 N–H and O–H groups in total. The molecule has 1 aromatic heterocycles. The van der Waals surface area contributed by atoms with Gasteiger partial charge in [0, 0.05) is 54.8 Å². The highest BCUT2D eigenvalue weighted by atomic mass is 32.1. The summed E-state index contributed by atoms with van der Waals surface area (Å²) in [5, 5.41) is 23.7. The molecule has 5 atom stereocenters. The zero-order valence-corrected chi connectivity index (χ0v) is 41.5. The maximum atomic E-state index is 14.3. The van der Waals surface area contributed by atoms with E-state index in [-0.39, 0.29) is 60.7 Å². The van der Waals surface area contributed by atoms with Crippen molar-refractivity contribution in [2.24, 2.45) is 17.3 Å². The number of benzene rings is 4. The van der Waals surface area contributed by atoms with Crippen molar-refractivity contribution in [1.29, 1.82) is 0 Å². The van der Waals surface area contributed by atoms with Crippen LogP contribution >= 0.6 is 11.3 Å². The molecule has 2 unspecified atom stereocenters. The summed E-state index contributed by atoms with van der Waals surface area (Å²) in [6, 6.07) is 25.2. The number of carbonyl (C=O) groups excluding carboxylic acids is 5. The standard InChI is InChI=1S/C56H62FN7O6S/c1-33-48(71-32-59-33)39-7-5-34(6-8-39)26-58-52(69)46-21-45(65)30-64(46)53(70)49(54(2,3)4)61-50(67)40-13-9-37(10-14-40)38-11-15-41(16-12-38)51(68)62-56-24-35-19-36(25-56)23-55(22-35,31-56)60-27-47(66)63-28-42-17-18-44(57)20-43(42)29-63/h5-18,20,32,35-36,45-46,49,60,65H,19,21-31H2,1-4H3,(H,58,69)(H,61,67)(H,62,68)/t35?,36?,45-,46+,49-,55?,56?/m1/s1. The van der Waals surface area contributed by atoms with E-state index in [1.165, 1.54) is 17.0 Å². The number of nitrogens with one attached hydrogen (secondary N) is 4. The van der Waals surface area contributed by atoms with Gasteiger partial charge in [0.05, 0.1) is 28.7 Å². The predicted molar refractivity (Wildman–Crippen MR) is 269 cm³/mol. The normalized spacial score (nSPS) is 24.6. The molecule has 4 aromatic carbocycles. The second kappa shape index (κ2) is 19.0. The molecule has 2 aliphatic heterocycles. The second-order valence-electron chi connectivity index (χ2n) is 22.0. The summed E-state index contributed by atoms with van der Waals surface area (Å²) in [6.07, 6.45) is 4.93. The highest BCUT2D eigenvalue weighted by molar-refractivity contribution is 7.13. The fourth-order valence-corrected chi connectivity index (χ4v) is 13.3. The molecule has 4 saturated carbocycles. The van der Waals surface area contributed by atoms with Crippen molar-refractivity contribution in [1.82, 2.24) is 36.1 Å². The number of aliphatic hydroxyl groups is 1. The van der Waals surface area contributed by atoms with Gasteiger partial charge in [-0.1, -0.05) is 75.4 Å². The van der Waals surface area contributed by atoms with E-state index in [9.17, 15) is 33.5 Å². The molecule has 15 heteroatoms. The number of carbonyl (C=O) groups is 5. The summed E-state index contributed by atoms with van der Waals surface area (Å²) in [6.45, 7) is 8.86. The van der Waals surface area contributed by atoms with Crippen LogP contribution < -0.4 is 21.3 Å². The number of aryl methyl sites for hydroxylation is 1. The first-order valence-electron chi connectivity index (χ1n) is 24.8. The number of rotatable bonds is 13. The number of thiazole rings is 1. The summed E-state index contributed by atoms with van der Waals surface area (Å²) < 4.78 is 13.8. The molecule has 4 bridgehead atoms. The summed E-state index contributed by atoms with van der Waals surface area (Å²) in [5.41, 5.74) is 7.87. The van der Waals surface area contributed by atoms with Crippen LogP contribution in [0, 0.1) is 30.0 Å². The molecular formula is C56H62FN7O6S. The average molecular weight is 980 g/mol. The van der Waals surface area contributed by atoms with Crippen molar-refractivity contribution in [3.8, 4) is 21.6 Å². The lowest BCUT2D eigenvalue weighted by Gasteiger charge is -2.62. The van der Waals surface area contributed by atoms with Crippen LogP contribution in [0.5, 0.6) is 0 Å². The van der Waals surface area contributed by atoms with Crippen LogP contribution in [0.1, 0.15) is 109 Å². The van der Waals surface area contributed by atoms with E-state index in [2.05, 4.69) is 26.3 Å². The number of fused-ring (bicyclic) bond motifs is 1. The molecule has 370 valence electrons. The van der Waals surface area contributed by atoms with E-state index >= 15 is 0 Å². The molecule has 71 heavy (non-hydrogen) atoms. The number of amides is 5. The van der Waals surface area contributed by atoms with Crippen LogP contribution in [0.3, 0.4) is 0 Å². The van der Waals surface area contributed by atoms with E-state index in [1.54, 1.807) is 34.4 Å². The average Bonchev–Trinajstić information content (AvgIpc) is 4.08. The Kier molecular flexibility index (Phi) is 13.0. The Hall–Kier alpha value is -6.29. The summed E-state index contributed by atoms with van der Waals surface area (Å²) in [5.74, 6) is -0.733. The highest BCUT2D eigenvalue weighted by Gasteiger charge is 2.58. The molecule has 4 aliphatic carbocycles. The fourth-order valence-electron chi connectivity index (χ4n) is 12.5. The Balaban J connectivity index is 0.737. The third kappa shape index (κ3) is 10.1. The first kappa shape index (κ1) is 48.3. The Bertz CT molecular complexity index is 2850. The first-order chi connectivity index (χ1) is 33.9. The molecule has 13 nitrogen and oxygen atoms in total. The maximum Gasteiger partial charge on any atom is 0.251 e. The summed E-state index contributed by atoms with van der Waals surface area (Å²) in [4.78, 5) is 77.6. The fraction of sp³-hybridized carbons (Fsp3) is 0.429. The van der Waals surface area contributed by atoms with Crippen LogP contribution in [0.2, 0.25) is 0 Å². The first-order valence-corrected chi connectivity index (χ1v) is 25.7. The zero-order valence-electron chi connectivity index (χ0n) is 40.7. The van der Waals surface area contributed by atoms with Gasteiger partial charge in [-0.3, -0.25) is 24.0 Å². The molecular weight excluding hydrogens is 918 g/mol. The molecule has 1 saturated heterocycles. The Morgan fingerprint density at radius 1 is 0.803 bits per heavy atom. The molecule has 0 radical (unpaired) electrons. The van der Waals surface area contributed by atoms with Gasteiger partial charge in [0.2, 0.25) is 17.7 Å². The van der Waals surface area contributed by atoms with E-state index in [1.807, 2.05) is 93.9 Å². The lowest BCUT2D eigenvalue weighted by Crippen LogP contribution is -2.69. The molecule has 11 rings (SSSR count). The molecule has 5 amide bonds. The largest absolute Gasteiger partial charge is 0.391 e. The van der Waals surface area contributed by atoms with Crippen molar-refractivity contribution in [3.63, 3.8) is 0 Å². The minimum absolute atomic E-state index is 0.00382. The smallest absolute Gasteiger partial charge is 0.251 e. The molecule has 0 spiro atoms. The number of halogens is 1. The minimum atomic E-state index is -0.992. The molecule has 5 fully saturated rings. The topological polar surface area (TPSA) is 173 Å². The zero-order chi connectivity index (χ0) is 49.8. The van der Waals surface area contributed by atoms with Gasteiger partial charge in [-0.25, -0.2) is 9.37 Å². The number of nitrogens with zero attached hydrogens (tertiary/aromatic N) is 3. The number of aromatic nitrogens is 1. The Labute approximate surface area is 418 Å². The van der Waals surface area contributed by atoms with Crippen LogP contribution in [0.4, 0.5) is 4.39 Å². The number of likely N-dealkylation sites (tertiary alicyclic amines) is 1. The van der Waals surface area contributed by atoms with Gasteiger partial charge in [0.15, 0.2) is 0 Å². The van der Waals surface area contributed by atoms with Crippen molar-refractivity contribution < 1.29 is 33.5 Å². The lowest BCUT2D eigenvalue weighted by molar-refractivity contribution is -0.142. The van der Waals surface area contributed by atoms with E-state index in [0.717, 1.165) is 82.5 Å². The van der Waals surface area contributed by atoms with Crippen molar-refractivity contribution in [2.45, 2.75) is 122 Å². The van der Waals surface area contributed by atoms with Crippen LogP contribution in [-0.2, 0) is 34.0 Å². The second-order valence-corrected chi connectivity index (χ2v) is 22.9. The quantitative estimate of drug-likeness (QED) is 0.0818. The van der Waals surface area contributed by atoms with Crippen LogP contribution in [0.25, 0.3) is 21.6 Å². The maximum absolute atomic E-state index is 14.3. The van der Waals surface area contributed by atoms with Gasteiger partial charge >= 0.3 is 0 Å². The molecule has 6 aliphatic rings. The number of hydrogen-bond acceptors (Lipinski definition) is 9. The van der Waals surface area contributed by atoms with Gasteiger partial charge < -0.3 is 36.2 Å². The summed E-state index contributed by atoms with van der Waals surface area (Å²) in [7, 11) is 0. The van der Waals surface area contributed by atoms with Crippen LogP contribution in [0.15, 0.2) is 96.5 Å². The molecule has 3 heterocycles. The van der Waals surface area contributed by atoms with Gasteiger partial charge in [-0.05, 0) is 132 Å². The Morgan fingerprint density at radius 3 is 2.06 bits per heavy atom. The number of hydrogen-bond donors (Lipinski definition) is 5. The predicted octanol–water partition coefficient (Wildman–Crippen LogP) is 7.30. The van der Waals surface area contributed by atoms with Gasteiger partial charge in [-0.2, -0.15) is 0 Å². The van der Waals surface area contributed by atoms with Gasteiger partial charge in [0.25, 0.3) is 11.8 Å². The number of β-amino-alcohol motifs (C(OH)–C–C–N with tert-alkyl or cyclic N) is 1. The minimum Gasteiger partial charge on any atom is -0.391 e. The molecule has 5 aromatic rings. The summed E-state index contributed by atoms with van der Waals surface area (Å²) >= 11 is 1.57. The van der Waals surface area contributed by atoms with E-state index in [4.69, 9.17) is 0 Å². The monoisotopic (exact) mass is 979 g/mol. The van der Waals surface area contributed by atoms with Gasteiger partial charge in [-0.15, -0.1) is 11.3 Å². The van der Waals surface area contributed by atoms with Crippen molar-refractivity contribution in [3.05, 3.63) is 136 Å². The third-order valence-corrected chi connectivity index (χ3v) is 16.6. The van der Waals surface area contributed by atoms with Crippen molar-refractivity contribution in [2.75, 3.05) is 13.1 Å². The van der Waals surface area contributed by atoms with Crippen LogP contribution in [-0.4, -0.2) is 91.8 Å². The highest BCUT2D eigenvalue weighted by Crippen LogP contribution is 2.57. The van der Waals surface area contributed by atoms with E-state index in [0.29, 0.717) is 36.1 Å². The van der Waals surface area contributed by atoms with Crippen molar-refractivity contribution >= 4 is 40.9 Å². The lowest BCUT2D eigenvalue weighted by atomic mass is 9.50. The van der Waals surface area contributed by atoms with Gasteiger partial charge in [0.1, 0.15) is 17.9 Å². The third-order valence-electron chi connectivity index (χ3n) is 15.6.